The zero-order valence-electron chi connectivity index (χ0n) is 17.2. The van der Waals surface area contributed by atoms with Gasteiger partial charge in [0.25, 0.3) is 6.01 Å². The number of aromatic nitrogens is 1. The second-order valence-electron chi connectivity index (χ2n) is 8.34. The summed E-state index contributed by atoms with van der Waals surface area (Å²) < 4.78 is 5.89. The summed E-state index contributed by atoms with van der Waals surface area (Å²) in [6.07, 6.45) is 3.73. The number of likely N-dealkylation sites (tertiary alicyclic amines) is 1. The summed E-state index contributed by atoms with van der Waals surface area (Å²) in [7, 11) is 0. The van der Waals surface area contributed by atoms with E-state index in [1.54, 1.807) is 0 Å². The van der Waals surface area contributed by atoms with Crippen LogP contribution in [-0.4, -0.2) is 48.0 Å². The van der Waals surface area contributed by atoms with Gasteiger partial charge in [-0.25, -0.2) is 0 Å². The zero-order valence-corrected chi connectivity index (χ0v) is 17.2. The number of hydrogen-bond acceptors (Lipinski definition) is 5. The quantitative estimate of drug-likeness (QED) is 0.708. The number of amides is 1. The molecule has 30 heavy (non-hydrogen) atoms. The molecule has 0 unspecified atom stereocenters. The molecule has 2 aliphatic rings. The normalized spacial score (nSPS) is 18.7. The summed E-state index contributed by atoms with van der Waals surface area (Å²) in [5, 5.41) is 3.59. The van der Waals surface area contributed by atoms with Gasteiger partial charge in [-0.05, 0) is 49.9 Å². The summed E-state index contributed by atoms with van der Waals surface area (Å²) in [4.78, 5) is 21.9. The Bertz CT molecular complexity index is 954. The molecule has 0 atom stereocenters. The first kappa shape index (κ1) is 19.0. The number of oxazole rings is 1. The lowest BCUT2D eigenvalue weighted by atomic mass is 9.94. The van der Waals surface area contributed by atoms with Gasteiger partial charge >= 0.3 is 0 Å². The van der Waals surface area contributed by atoms with E-state index >= 15 is 0 Å². The molecule has 1 amide bonds. The Morgan fingerprint density at radius 3 is 2.33 bits per heavy atom. The number of anilines is 2. The first-order valence-corrected chi connectivity index (χ1v) is 11.0. The first-order chi connectivity index (χ1) is 14.8. The summed E-state index contributed by atoms with van der Waals surface area (Å²) >= 11 is 0. The van der Waals surface area contributed by atoms with Crippen molar-refractivity contribution in [3.05, 3.63) is 54.6 Å². The average molecular weight is 405 g/mol. The van der Waals surface area contributed by atoms with Crippen LogP contribution in [0.2, 0.25) is 0 Å². The predicted molar refractivity (Wildman–Crippen MR) is 119 cm³/mol. The largest absolute Gasteiger partial charge is 0.423 e. The molecular formula is C24H28N4O2. The van der Waals surface area contributed by atoms with Gasteiger partial charge in [-0.2, -0.15) is 4.98 Å². The van der Waals surface area contributed by atoms with Crippen molar-refractivity contribution in [3.8, 4) is 0 Å². The predicted octanol–water partition coefficient (Wildman–Crippen LogP) is 4.15. The second kappa shape index (κ2) is 8.38. The molecule has 1 aromatic heterocycles. The lowest BCUT2D eigenvalue weighted by Gasteiger charge is -2.37. The molecule has 6 nitrogen and oxygen atoms in total. The van der Waals surface area contributed by atoms with Crippen LogP contribution < -0.4 is 10.2 Å². The maximum Gasteiger partial charge on any atom is 0.298 e. The molecular weight excluding hydrogens is 376 g/mol. The van der Waals surface area contributed by atoms with Crippen molar-refractivity contribution in [1.29, 1.82) is 0 Å². The Balaban J connectivity index is 1.12. The molecule has 2 fully saturated rings. The SMILES string of the molecule is O=C(C1CCN(c2nc3ccccc3o2)CC1)N1CCC(Nc2ccccc2)CC1. The molecule has 6 heteroatoms. The molecule has 156 valence electrons. The van der Waals surface area contributed by atoms with Crippen molar-refractivity contribution in [2.24, 2.45) is 5.92 Å². The van der Waals surface area contributed by atoms with E-state index < -0.39 is 0 Å². The fourth-order valence-electron chi connectivity index (χ4n) is 4.59. The van der Waals surface area contributed by atoms with E-state index in [9.17, 15) is 4.79 Å². The van der Waals surface area contributed by atoms with E-state index in [-0.39, 0.29) is 5.92 Å². The molecule has 0 spiro atoms. The van der Waals surface area contributed by atoms with Gasteiger partial charge in [0.2, 0.25) is 5.91 Å². The van der Waals surface area contributed by atoms with Crippen LogP contribution in [0.5, 0.6) is 0 Å². The van der Waals surface area contributed by atoms with Crippen LogP contribution in [0, 0.1) is 5.92 Å². The number of nitrogens with zero attached hydrogens (tertiary/aromatic N) is 3. The maximum atomic E-state index is 13.1. The van der Waals surface area contributed by atoms with Gasteiger partial charge in [-0.3, -0.25) is 4.79 Å². The molecule has 2 saturated heterocycles. The van der Waals surface area contributed by atoms with Crippen LogP contribution in [0.3, 0.4) is 0 Å². The molecule has 3 aromatic rings. The molecule has 5 rings (SSSR count). The van der Waals surface area contributed by atoms with Gasteiger partial charge in [0.05, 0.1) is 0 Å². The number of para-hydroxylation sites is 3. The average Bonchev–Trinajstić information content (AvgIpc) is 3.24. The van der Waals surface area contributed by atoms with Crippen LogP contribution in [0.15, 0.2) is 59.0 Å². The number of benzene rings is 2. The van der Waals surface area contributed by atoms with Crippen molar-refractivity contribution in [2.45, 2.75) is 31.7 Å². The van der Waals surface area contributed by atoms with Gasteiger partial charge in [0.1, 0.15) is 5.52 Å². The maximum absolute atomic E-state index is 13.1. The Kier molecular flexibility index (Phi) is 5.30. The smallest absolute Gasteiger partial charge is 0.298 e. The monoisotopic (exact) mass is 404 g/mol. The molecule has 3 heterocycles. The molecule has 0 bridgehead atoms. The van der Waals surface area contributed by atoms with E-state index in [1.807, 2.05) is 42.5 Å². The highest BCUT2D eigenvalue weighted by Gasteiger charge is 2.32. The van der Waals surface area contributed by atoms with Crippen molar-refractivity contribution in [3.63, 3.8) is 0 Å². The first-order valence-electron chi connectivity index (χ1n) is 11.0. The van der Waals surface area contributed by atoms with Crippen LogP contribution in [0.4, 0.5) is 11.7 Å². The highest BCUT2D eigenvalue weighted by Crippen LogP contribution is 2.28. The Morgan fingerprint density at radius 2 is 1.60 bits per heavy atom. The third kappa shape index (κ3) is 3.99. The summed E-state index contributed by atoms with van der Waals surface area (Å²) in [6, 6.07) is 19.3. The van der Waals surface area contributed by atoms with Gasteiger partial charge in [0.15, 0.2) is 5.58 Å². The van der Waals surface area contributed by atoms with Gasteiger partial charge in [-0.1, -0.05) is 30.3 Å². The molecule has 0 radical (unpaired) electrons. The summed E-state index contributed by atoms with van der Waals surface area (Å²) in [6.45, 7) is 3.31. The van der Waals surface area contributed by atoms with Crippen LogP contribution in [-0.2, 0) is 4.79 Å². The molecule has 2 aromatic carbocycles. The van der Waals surface area contributed by atoms with Crippen LogP contribution in [0.25, 0.3) is 11.1 Å². The van der Waals surface area contributed by atoms with Crippen LogP contribution in [0.1, 0.15) is 25.7 Å². The summed E-state index contributed by atoms with van der Waals surface area (Å²) in [5.74, 6) is 0.439. The van der Waals surface area contributed by atoms with Crippen molar-refractivity contribution < 1.29 is 9.21 Å². The minimum Gasteiger partial charge on any atom is -0.423 e. The standard InChI is InChI=1S/C24H28N4O2/c29-23(27-16-12-20(13-17-27)25-19-6-2-1-3-7-19)18-10-14-28(15-11-18)24-26-21-8-4-5-9-22(21)30-24/h1-9,18,20,25H,10-17H2. The number of fused-ring (bicyclic) bond motifs is 1. The van der Waals surface area contributed by atoms with E-state index in [1.165, 1.54) is 0 Å². The van der Waals surface area contributed by atoms with Crippen molar-refractivity contribution in [1.82, 2.24) is 9.88 Å². The third-order valence-electron chi connectivity index (χ3n) is 6.35. The van der Waals surface area contributed by atoms with Crippen molar-refractivity contribution in [2.75, 3.05) is 36.4 Å². The lowest BCUT2D eigenvalue weighted by molar-refractivity contribution is -0.137. The topological polar surface area (TPSA) is 61.6 Å². The fourth-order valence-corrected chi connectivity index (χ4v) is 4.59. The second-order valence-corrected chi connectivity index (χ2v) is 8.34. The van der Waals surface area contributed by atoms with Gasteiger partial charge in [-0.15, -0.1) is 0 Å². The lowest BCUT2D eigenvalue weighted by Crippen LogP contribution is -2.47. The number of carbonyl (C=O) groups is 1. The van der Waals surface area contributed by atoms with E-state index in [4.69, 9.17) is 4.42 Å². The fraction of sp³-hybridized carbons (Fsp3) is 0.417. The van der Waals surface area contributed by atoms with E-state index in [0.29, 0.717) is 18.0 Å². The van der Waals surface area contributed by atoms with Gasteiger partial charge in [0, 0.05) is 43.8 Å². The Labute approximate surface area is 176 Å². The summed E-state index contributed by atoms with van der Waals surface area (Å²) in [5.41, 5.74) is 2.87. The van der Waals surface area contributed by atoms with E-state index in [2.05, 4.69) is 32.2 Å². The highest BCUT2D eigenvalue weighted by atomic mass is 16.4. The zero-order chi connectivity index (χ0) is 20.3. The number of piperidine rings is 2. The van der Waals surface area contributed by atoms with Crippen molar-refractivity contribution >= 4 is 28.7 Å². The minimum absolute atomic E-state index is 0.115. The molecule has 0 saturated carbocycles. The third-order valence-corrected chi connectivity index (χ3v) is 6.35. The van der Waals surface area contributed by atoms with E-state index in [0.717, 1.165) is 68.6 Å². The highest BCUT2D eigenvalue weighted by molar-refractivity contribution is 5.79. The molecule has 0 aliphatic carbocycles. The number of hydrogen-bond donors (Lipinski definition) is 1. The van der Waals surface area contributed by atoms with Crippen LogP contribution >= 0.6 is 0 Å². The van der Waals surface area contributed by atoms with Gasteiger partial charge < -0.3 is 19.5 Å². The molecule has 2 aliphatic heterocycles. The minimum atomic E-state index is 0.115. The number of nitrogens with one attached hydrogen (secondary N) is 1. The number of rotatable bonds is 4. The number of carbonyl (C=O) groups excluding carboxylic acids is 1. The Hall–Kier alpha value is -3.02. The molecule has 1 N–H and O–H groups in total. The Morgan fingerprint density at radius 1 is 0.900 bits per heavy atom.